The first-order chi connectivity index (χ1) is 9.12. The number of rotatable bonds is 9. The van der Waals surface area contributed by atoms with Crippen molar-refractivity contribution in [2.24, 2.45) is 0 Å². The summed E-state index contributed by atoms with van der Waals surface area (Å²) in [6.07, 6.45) is 8.07. The Kier molecular flexibility index (Phi) is 7.15. The molecule has 0 amide bonds. The Bertz CT molecular complexity index is 329. The Hall–Kier alpha value is -0.820. The number of nitrogens with one attached hydrogen (secondary N) is 1. The van der Waals surface area contributed by atoms with Crippen molar-refractivity contribution in [3.8, 4) is 0 Å². The minimum atomic E-state index is 0.195. The van der Waals surface area contributed by atoms with Crippen LogP contribution in [0.3, 0.4) is 0 Å². The molecule has 0 aromatic heterocycles. The molecule has 0 radical (unpaired) electrons. The molecule has 1 atom stereocenters. The van der Waals surface area contributed by atoms with E-state index >= 15 is 0 Å². The van der Waals surface area contributed by atoms with Gasteiger partial charge in [-0.25, -0.2) is 0 Å². The van der Waals surface area contributed by atoms with Crippen LogP contribution in [0.2, 0.25) is 0 Å². The number of likely N-dealkylation sites (N-methyl/N-ethyl adjacent to an activating group) is 1. The maximum Gasteiger partial charge on any atom is 0.0156 e. The molecule has 1 nitrogen and oxygen atoms in total. The second-order valence-electron chi connectivity index (χ2n) is 6.13. The summed E-state index contributed by atoms with van der Waals surface area (Å²) < 4.78 is 0. The van der Waals surface area contributed by atoms with Crippen LogP contribution < -0.4 is 5.32 Å². The van der Waals surface area contributed by atoms with Crippen molar-refractivity contribution in [1.29, 1.82) is 0 Å². The molecule has 1 aromatic rings. The normalized spacial score (nSPS) is 13.5. The lowest BCUT2D eigenvalue weighted by atomic mass is 9.76. The zero-order chi connectivity index (χ0) is 14.1. The summed E-state index contributed by atoms with van der Waals surface area (Å²) >= 11 is 0. The summed E-state index contributed by atoms with van der Waals surface area (Å²) in [5.74, 6) is 0. The Labute approximate surface area is 119 Å². The minimum Gasteiger partial charge on any atom is -0.316 e. The van der Waals surface area contributed by atoms with Gasteiger partial charge < -0.3 is 5.32 Å². The van der Waals surface area contributed by atoms with E-state index in [0.717, 1.165) is 0 Å². The Morgan fingerprint density at radius 3 is 2.21 bits per heavy atom. The van der Waals surface area contributed by atoms with Gasteiger partial charge in [-0.2, -0.15) is 0 Å². The highest BCUT2D eigenvalue weighted by Crippen LogP contribution is 2.29. The van der Waals surface area contributed by atoms with E-state index in [4.69, 9.17) is 0 Å². The Morgan fingerprint density at radius 1 is 1.00 bits per heavy atom. The first kappa shape index (κ1) is 16.2. The monoisotopic (exact) mass is 261 g/mol. The first-order valence-electron chi connectivity index (χ1n) is 7.85. The summed E-state index contributed by atoms with van der Waals surface area (Å²) in [6, 6.07) is 11.4. The van der Waals surface area contributed by atoms with Crippen molar-refractivity contribution in [2.45, 2.75) is 70.8 Å². The smallest absolute Gasteiger partial charge is 0.0156 e. The third-order valence-corrected chi connectivity index (χ3v) is 4.33. The van der Waals surface area contributed by atoms with E-state index in [1.165, 1.54) is 44.1 Å². The van der Waals surface area contributed by atoms with E-state index < -0.39 is 0 Å². The fourth-order valence-electron chi connectivity index (χ4n) is 2.89. The van der Waals surface area contributed by atoms with Crippen LogP contribution in [0.1, 0.15) is 64.9 Å². The fourth-order valence-corrected chi connectivity index (χ4v) is 2.89. The average molecular weight is 261 g/mol. The maximum absolute atomic E-state index is 3.53. The van der Waals surface area contributed by atoms with Crippen molar-refractivity contribution in [1.82, 2.24) is 5.32 Å². The lowest BCUT2D eigenvalue weighted by molar-refractivity contribution is 0.330. The molecule has 0 spiro atoms. The lowest BCUT2D eigenvalue weighted by Crippen LogP contribution is -2.43. The maximum atomic E-state index is 3.53. The van der Waals surface area contributed by atoms with E-state index in [9.17, 15) is 0 Å². The van der Waals surface area contributed by atoms with Gasteiger partial charge in [0.15, 0.2) is 0 Å². The molecule has 0 bridgehead atoms. The van der Waals surface area contributed by atoms with Gasteiger partial charge in [-0.3, -0.25) is 0 Å². The number of unbranched alkanes of at least 4 members (excludes halogenated alkanes) is 4. The zero-order valence-electron chi connectivity index (χ0n) is 13.2. The van der Waals surface area contributed by atoms with Crippen molar-refractivity contribution >= 4 is 0 Å². The van der Waals surface area contributed by atoms with Crippen molar-refractivity contribution in [3.05, 3.63) is 35.9 Å². The number of benzene rings is 1. The van der Waals surface area contributed by atoms with E-state index in [0.29, 0.717) is 6.04 Å². The van der Waals surface area contributed by atoms with E-state index in [1.807, 2.05) is 0 Å². The van der Waals surface area contributed by atoms with Gasteiger partial charge in [0.2, 0.25) is 0 Å². The second-order valence-corrected chi connectivity index (χ2v) is 6.13. The molecule has 1 rings (SSSR count). The van der Waals surface area contributed by atoms with Crippen LogP contribution in [0.25, 0.3) is 0 Å². The van der Waals surface area contributed by atoms with Gasteiger partial charge in [0.25, 0.3) is 0 Å². The molecular weight excluding hydrogens is 230 g/mol. The van der Waals surface area contributed by atoms with Gasteiger partial charge in [-0.05, 0) is 19.0 Å². The van der Waals surface area contributed by atoms with Crippen LogP contribution >= 0.6 is 0 Å². The Morgan fingerprint density at radius 2 is 1.63 bits per heavy atom. The molecule has 0 heterocycles. The average Bonchev–Trinajstić information content (AvgIpc) is 2.43. The summed E-state index contributed by atoms with van der Waals surface area (Å²) in [4.78, 5) is 0. The quantitative estimate of drug-likeness (QED) is 0.623. The van der Waals surface area contributed by atoms with Crippen LogP contribution in [-0.4, -0.2) is 13.1 Å². The molecule has 0 saturated carbocycles. The summed E-state index contributed by atoms with van der Waals surface area (Å²) in [6.45, 7) is 6.99. The van der Waals surface area contributed by atoms with Gasteiger partial charge in [-0.1, -0.05) is 83.2 Å². The van der Waals surface area contributed by atoms with Gasteiger partial charge in [0, 0.05) is 11.5 Å². The fraction of sp³-hybridized carbons (Fsp3) is 0.667. The van der Waals surface area contributed by atoms with E-state index in [1.54, 1.807) is 0 Å². The van der Waals surface area contributed by atoms with Gasteiger partial charge in [0.05, 0.1) is 0 Å². The number of hydrogen-bond donors (Lipinski definition) is 1. The highest BCUT2D eigenvalue weighted by molar-refractivity contribution is 5.25. The molecule has 1 aromatic carbocycles. The highest BCUT2D eigenvalue weighted by Gasteiger charge is 2.29. The number of hydrogen-bond acceptors (Lipinski definition) is 1. The predicted octanol–water partition coefficient (Wildman–Crippen LogP) is 4.91. The molecule has 108 valence electrons. The second kappa shape index (κ2) is 8.37. The topological polar surface area (TPSA) is 12.0 Å². The van der Waals surface area contributed by atoms with Crippen molar-refractivity contribution in [3.63, 3.8) is 0 Å². The molecule has 0 aliphatic rings. The van der Waals surface area contributed by atoms with Gasteiger partial charge in [0.1, 0.15) is 0 Å². The molecule has 1 N–H and O–H groups in total. The highest BCUT2D eigenvalue weighted by atomic mass is 14.9. The van der Waals surface area contributed by atoms with Crippen molar-refractivity contribution < 1.29 is 0 Å². The van der Waals surface area contributed by atoms with Crippen LogP contribution in [0, 0.1) is 0 Å². The molecule has 1 unspecified atom stereocenters. The molecule has 19 heavy (non-hydrogen) atoms. The minimum absolute atomic E-state index is 0.195. The summed E-state index contributed by atoms with van der Waals surface area (Å²) in [7, 11) is 2.10. The SMILES string of the molecule is CCCCCCCC(NC)C(C)(C)c1ccccc1. The predicted molar refractivity (Wildman–Crippen MR) is 85.7 cm³/mol. The standard InChI is InChI=1S/C18H31N/c1-5-6-7-8-12-15-17(19-4)18(2,3)16-13-10-9-11-14-16/h9-11,13-14,17,19H,5-8,12,15H2,1-4H3. The first-order valence-corrected chi connectivity index (χ1v) is 7.85. The molecule has 0 saturated heterocycles. The van der Waals surface area contributed by atoms with Gasteiger partial charge in [-0.15, -0.1) is 0 Å². The van der Waals surface area contributed by atoms with Gasteiger partial charge >= 0.3 is 0 Å². The molecule has 0 aliphatic heterocycles. The molecule has 0 aliphatic carbocycles. The molecule has 1 heteroatoms. The molecular formula is C18H31N. The third kappa shape index (κ3) is 4.99. The van der Waals surface area contributed by atoms with Crippen LogP contribution in [0.4, 0.5) is 0 Å². The van der Waals surface area contributed by atoms with E-state index in [-0.39, 0.29) is 5.41 Å². The molecule has 0 fully saturated rings. The van der Waals surface area contributed by atoms with Crippen LogP contribution in [-0.2, 0) is 5.41 Å². The van der Waals surface area contributed by atoms with Crippen LogP contribution in [0.5, 0.6) is 0 Å². The van der Waals surface area contributed by atoms with E-state index in [2.05, 4.69) is 63.5 Å². The van der Waals surface area contributed by atoms with Crippen molar-refractivity contribution in [2.75, 3.05) is 7.05 Å². The zero-order valence-corrected chi connectivity index (χ0v) is 13.2. The van der Waals surface area contributed by atoms with Crippen LogP contribution in [0.15, 0.2) is 30.3 Å². The Balaban J connectivity index is 2.53. The summed E-state index contributed by atoms with van der Waals surface area (Å²) in [5.41, 5.74) is 1.63. The third-order valence-electron chi connectivity index (χ3n) is 4.33. The lowest BCUT2D eigenvalue weighted by Gasteiger charge is -2.35. The largest absolute Gasteiger partial charge is 0.316 e. The summed E-state index contributed by atoms with van der Waals surface area (Å²) in [5, 5.41) is 3.53.